The number of halogens is 1. The maximum atomic E-state index is 12.6. The standard InChI is InChI=1S/C18H16BrN3O3S/c1-10-16(12-6-4-5-7-20-12)26-18(21-10)22-17(23)11-8-13(24-2)15(19)14(9-11)25-3/h4-9H,1-3H3,(H,21,22,23). The SMILES string of the molecule is COc1cc(C(=O)Nc2nc(C)c(-c3ccccn3)s2)cc(OC)c1Br. The van der Waals surface area contributed by atoms with Gasteiger partial charge in [0, 0.05) is 11.8 Å². The van der Waals surface area contributed by atoms with E-state index in [1.807, 2.05) is 25.1 Å². The van der Waals surface area contributed by atoms with Crippen LogP contribution in [0, 0.1) is 6.92 Å². The molecule has 1 aromatic carbocycles. The molecule has 0 spiro atoms. The Bertz CT molecular complexity index is 919. The number of aryl methyl sites for hydroxylation is 1. The van der Waals surface area contributed by atoms with Gasteiger partial charge in [0.05, 0.1) is 30.5 Å². The number of anilines is 1. The molecule has 0 unspecified atom stereocenters. The number of nitrogens with zero attached hydrogens (tertiary/aromatic N) is 2. The van der Waals surface area contributed by atoms with Gasteiger partial charge in [-0.3, -0.25) is 15.1 Å². The highest BCUT2D eigenvalue weighted by atomic mass is 79.9. The molecule has 2 heterocycles. The summed E-state index contributed by atoms with van der Waals surface area (Å²) in [4.78, 5) is 22.3. The number of carbonyl (C=O) groups excluding carboxylic acids is 1. The van der Waals surface area contributed by atoms with Crippen LogP contribution >= 0.6 is 27.3 Å². The van der Waals surface area contributed by atoms with Crippen LogP contribution in [0.4, 0.5) is 5.13 Å². The summed E-state index contributed by atoms with van der Waals surface area (Å²) < 4.78 is 11.2. The lowest BCUT2D eigenvalue weighted by molar-refractivity contribution is 0.102. The number of nitrogens with one attached hydrogen (secondary N) is 1. The van der Waals surface area contributed by atoms with E-state index in [9.17, 15) is 4.79 Å². The first-order valence-electron chi connectivity index (χ1n) is 7.65. The number of hydrogen-bond acceptors (Lipinski definition) is 6. The zero-order chi connectivity index (χ0) is 18.7. The Labute approximate surface area is 163 Å². The molecular weight excluding hydrogens is 418 g/mol. The van der Waals surface area contributed by atoms with Crippen LogP contribution in [0.1, 0.15) is 16.1 Å². The lowest BCUT2D eigenvalue weighted by Crippen LogP contribution is -2.12. The van der Waals surface area contributed by atoms with E-state index in [1.165, 1.54) is 25.6 Å². The number of rotatable bonds is 5. The summed E-state index contributed by atoms with van der Waals surface area (Å²) in [6.45, 7) is 1.89. The zero-order valence-corrected chi connectivity index (χ0v) is 16.8. The number of thiazole rings is 1. The second-order valence-electron chi connectivity index (χ2n) is 5.30. The molecular formula is C18H16BrN3O3S. The number of hydrogen-bond donors (Lipinski definition) is 1. The van der Waals surface area contributed by atoms with Crippen molar-refractivity contribution in [3.63, 3.8) is 0 Å². The van der Waals surface area contributed by atoms with Gasteiger partial charge >= 0.3 is 0 Å². The van der Waals surface area contributed by atoms with Gasteiger partial charge in [-0.15, -0.1) is 0 Å². The van der Waals surface area contributed by atoms with Crippen molar-refractivity contribution in [1.82, 2.24) is 9.97 Å². The average Bonchev–Trinajstić information content (AvgIpc) is 3.02. The minimum atomic E-state index is -0.296. The van der Waals surface area contributed by atoms with Gasteiger partial charge in [-0.1, -0.05) is 17.4 Å². The van der Waals surface area contributed by atoms with Crippen molar-refractivity contribution in [2.75, 3.05) is 19.5 Å². The molecule has 0 aliphatic rings. The van der Waals surface area contributed by atoms with Crippen molar-refractivity contribution in [3.8, 4) is 22.1 Å². The van der Waals surface area contributed by atoms with Crippen molar-refractivity contribution in [2.24, 2.45) is 0 Å². The molecule has 1 N–H and O–H groups in total. The highest BCUT2D eigenvalue weighted by Gasteiger charge is 2.17. The molecule has 6 nitrogen and oxygen atoms in total. The molecule has 0 bridgehead atoms. The molecule has 0 radical (unpaired) electrons. The summed E-state index contributed by atoms with van der Waals surface area (Å²) in [7, 11) is 3.06. The van der Waals surface area contributed by atoms with Crippen LogP contribution in [0.25, 0.3) is 10.6 Å². The number of aromatic nitrogens is 2. The van der Waals surface area contributed by atoms with Gasteiger partial charge in [-0.05, 0) is 47.1 Å². The summed E-state index contributed by atoms with van der Waals surface area (Å²) in [5.74, 6) is 0.730. The number of ether oxygens (including phenoxy) is 2. The highest BCUT2D eigenvalue weighted by Crippen LogP contribution is 2.36. The fourth-order valence-corrected chi connectivity index (χ4v) is 3.85. The van der Waals surface area contributed by atoms with Crippen LogP contribution in [0.15, 0.2) is 41.0 Å². The van der Waals surface area contributed by atoms with Crippen LogP contribution in [0.5, 0.6) is 11.5 Å². The smallest absolute Gasteiger partial charge is 0.257 e. The summed E-state index contributed by atoms with van der Waals surface area (Å²) >= 11 is 4.77. The summed E-state index contributed by atoms with van der Waals surface area (Å²) in [5, 5.41) is 3.33. The van der Waals surface area contributed by atoms with Crippen LogP contribution in [0.3, 0.4) is 0 Å². The second kappa shape index (κ2) is 7.84. The van der Waals surface area contributed by atoms with Crippen LogP contribution in [-0.2, 0) is 0 Å². The van der Waals surface area contributed by atoms with Gasteiger partial charge in [0.25, 0.3) is 5.91 Å². The molecule has 0 aliphatic carbocycles. The molecule has 8 heteroatoms. The second-order valence-corrected chi connectivity index (χ2v) is 7.09. The molecule has 1 amide bonds. The number of methoxy groups -OCH3 is 2. The predicted molar refractivity (Wildman–Crippen MR) is 105 cm³/mol. The Morgan fingerprint density at radius 2 is 1.88 bits per heavy atom. The molecule has 0 aliphatic heterocycles. The van der Waals surface area contributed by atoms with Crippen LogP contribution < -0.4 is 14.8 Å². The predicted octanol–water partition coefficient (Wildman–Crippen LogP) is 4.55. The normalized spacial score (nSPS) is 10.5. The fourth-order valence-electron chi connectivity index (χ4n) is 2.35. The largest absolute Gasteiger partial charge is 0.495 e. The fraction of sp³-hybridized carbons (Fsp3) is 0.167. The summed E-state index contributed by atoms with van der Waals surface area (Å²) in [6, 6.07) is 8.97. The first-order chi connectivity index (χ1) is 12.5. The van der Waals surface area contributed by atoms with E-state index >= 15 is 0 Å². The average molecular weight is 434 g/mol. The molecule has 0 atom stereocenters. The van der Waals surface area contributed by atoms with Gasteiger partial charge in [-0.25, -0.2) is 4.98 Å². The Kier molecular flexibility index (Phi) is 5.53. The molecule has 2 aromatic heterocycles. The lowest BCUT2D eigenvalue weighted by atomic mass is 10.2. The van der Waals surface area contributed by atoms with Crippen molar-refractivity contribution in [1.29, 1.82) is 0 Å². The highest BCUT2D eigenvalue weighted by molar-refractivity contribution is 9.10. The molecule has 0 saturated heterocycles. The molecule has 3 rings (SSSR count). The third-order valence-corrected chi connectivity index (χ3v) is 5.50. The monoisotopic (exact) mass is 433 g/mol. The number of carbonyl (C=O) groups is 1. The topological polar surface area (TPSA) is 73.3 Å². The minimum absolute atomic E-state index is 0.296. The molecule has 26 heavy (non-hydrogen) atoms. The number of pyridine rings is 1. The maximum Gasteiger partial charge on any atom is 0.257 e. The molecule has 0 saturated carbocycles. The van der Waals surface area contributed by atoms with Crippen molar-refractivity contribution in [3.05, 3.63) is 52.3 Å². The van der Waals surface area contributed by atoms with E-state index in [2.05, 4.69) is 31.2 Å². The summed E-state index contributed by atoms with van der Waals surface area (Å²) in [5.41, 5.74) is 2.05. The van der Waals surface area contributed by atoms with Crippen molar-refractivity contribution >= 4 is 38.3 Å². The van der Waals surface area contributed by atoms with Crippen molar-refractivity contribution in [2.45, 2.75) is 6.92 Å². The van der Waals surface area contributed by atoms with Crippen molar-refractivity contribution < 1.29 is 14.3 Å². The van der Waals surface area contributed by atoms with E-state index in [0.29, 0.717) is 26.7 Å². The quantitative estimate of drug-likeness (QED) is 0.638. The Balaban J connectivity index is 1.87. The minimum Gasteiger partial charge on any atom is -0.495 e. The third-order valence-electron chi connectivity index (χ3n) is 3.62. The van der Waals surface area contributed by atoms with Gasteiger partial charge in [0.1, 0.15) is 16.0 Å². The summed E-state index contributed by atoms with van der Waals surface area (Å²) in [6.07, 6.45) is 1.73. The van der Waals surface area contributed by atoms with Crippen LogP contribution in [-0.4, -0.2) is 30.1 Å². The van der Waals surface area contributed by atoms with E-state index in [4.69, 9.17) is 9.47 Å². The zero-order valence-electron chi connectivity index (χ0n) is 14.4. The lowest BCUT2D eigenvalue weighted by Gasteiger charge is -2.11. The van der Waals surface area contributed by atoms with E-state index in [-0.39, 0.29) is 5.91 Å². The number of benzene rings is 1. The molecule has 3 aromatic rings. The first kappa shape index (κ1) is 18.3. The van der Waals surface area contributed by atoms with E-state index < -0.39 is 0 Å². The maximum absolute atomic E-state index is 12.6. The van der Waals surface area contributed by atoms with Gasteiger partial charge in [0.15, 0.2) is 5.13 Å². The van der Waals surface area contributed by atoms with Gasteiger partial charge in [0.2, 0.25) is 0 Å². The van der Waals surface area contributed by atoms with Gasteiger partial charge in [-0.2, -0.15) is 0 Å². The Morgan fingerprint density at radius 1 is 1.19 bits per heavy atom. The number of amides is 1. The van der Waals surface area contributed by atoms with E-state index in [0.717, 1.165) is 16.3 Å². The Morgan fingerprint density at radius 3 is 2.46 bits per heavy atom. The molecule has 0 fully saturated rings. The van der Waals surface area contributed by atoms with Gasteiger partial charge < -0.3 is 9.47 Å². The molecule has 134 valence electrons. The van der Waals surface area contributed by atoms with Crippen LogP contribution in [0.2, 0.25) is 0 Å². The Hall–Kier alpha value is -2.45. The first-order valence-corrected chi connectivity index (χ1v) is 9.26. The van der Waals surface area contributed by atoms with E-state index in [1.54, 1.807) is 18.3 Å². The third kappa shape index (κ3) is 3.71.